The van der Waals surface area contributed by atoms with E-state index in [1.54, 1.807) is 25.1 Å². The third kappa shape index (κ3) is 3.36. The maximum absolute atomic E-state index is 12.1. The molecule has 1 atom stereocenters. The highest BCUT2D eigenvalue weighted by Crippen LogP contribution is 2.22. The largest absolute Gasteiger partial charge is 0.325 e. The highest BCUT2D eigenvalue weighted by atomic mass is 32.2. The van der Waals surface area contributed by atoms with E-state index >= 15 is 0 Å². The van der Waals surface area contributed by atoms with Crippen LogP contribution in [0.5, 0.6) is 0 Å². The van der Waals surface area contributed by atoms with Crippen LogP contribution in [0.15, 0.2) is 29.2 Å². The smallest absolute Gasteiger partial charge is 0.242 e. The number of hydrogen-bond acceptors (Lipinski definition) is 4. The van der Waals surface area contributed by atoms with Crippen LogP contribution in [0.4, 0.5) is 5.69 Å². The second-order valence-corrected chi connectivity index (χ2v) is 6.41. The molecule has 1 saturated heterocycles. The van der Waals surface area contributed by atoms with Gasteiger partial charge in [0.2, 0.25) is 15.9 Å². The van der Waals surface area contributed by atoms with Crippen molar-refractivity contribution >= 4 is 21.6 Å². The minimum Gasteiger partial charge on any atom is -0.325 e. The number of para-hydroxylation sites is 1. The molecule has 20 heavy (non-hydrogen) atoms. The Hall–Kier alpha value is -1.44. The van der Waals surface area contributed by atoms with Crippen molar-refractivity contribution in [2.45, 2.75) is 18.2 Å². The molecule has 0 aliphatic carbocycles. The van der Waals surface area contributed by atoms with Gasteiger partial charge in [0.15, 0.2) is 0 Å². The van der Waals surface area contributed by atoms with E-state index < -0.39 is 10.0 Å². The first-order valence-electron chi connectivity index (χ1n) is 6.65. The number of amides is 1. The molecular weight excluding hydrogens is 278 g/mol. The van der Waals surface area contributed by atoms with Crippen molar-refractivity contribution in [1.29, 1.82) is 0 Å². The van der Waals surface area contributed by atoms with Gasteiger partial charge in [-0.25, -0.2) is 13.1 Å². The van der Waals surface area contributed by atoms with Crippen LogP contribution in [0.2, 0.25) is 0 Å². The summed E-state index contributed by atoms with van der Waals surface area (Å²) in [5.41, 5.74) is 0.324. The molecule has 0 saturated carbocycles. The summed E-state index contributed by atoms with van der Waals surface area (Å²) in [4.78, 5) is 12.2. The molecule has 1 heterocycles. The summed E-state index contributed by atoms with van der Waals surface area (Å²) in [6.45, 7) is 3.46. The number of carbonyl (C=O) groups excluding carboxylic acids is 1. The van der Waals surface area contributed by atoms with E-state index in [9.17, 15) is 13.2 Å². The Labute approximate surface area is 119 Å². The van der Waals surface area contributed by atoms with Gasteiger partial charge in [0.25, 0.3) is 0 Å². The summed E-state index contributed by atoms with van der Waals surface area (Å²) in [6.07, 6.45) is 0.772. The number of carbonyl (C=O) groups is 1. The van der Waals surface area contributed by atoms with Gasteiger partial charge in [0.1, 0.15) is 4.90 Å². The Bertz CT molecular complexity index is 580. The molecule has 6 nitrogen and oxygen atoms in total. The summed E-state index contributed by atoms with van der Waals surface area (Å²) >= 11 is 0. The average Bonchev–Trinajstić information content (AvgIpc) is 2.93. The zero-order valence-electron chi connectivity index (χ0n) is 11.3. The molecule has 1 fully saturated rings. The summed E-state index contributed by atoms with van der Waals surface area (Å²) in [7, 11) is -3.59. The topological polar surface area (TPSA) is 87.3 Å². The lowest BCUT2D eigenvalue weighted by atomic mass is 10.1. The predicted molar refractivity (Wildman–Crippen MR) is 76.9 cm³/mol. The van der Waals surface area contributed by atoms with E-state index in [0.717, 1.165) is 13.0 Å². The summed E-state index contributed by atoms with van der Waals surface area (Å²) in [5.74, 6) is -0.251. The molecule has 1 aliphatic heterocycles. The fourth-order valence-electron chi connectivity index (χ4n) is 2.19. The van der Waals surface area contributed by atoms with E-state index in [1.165, 1.54) is 6.07 Å². The number of nitrogens with one attached hydrogen (secondary N) is 3. The Morgan fingerprint density at radius 1 is 1.40 bits per heavy atom. The van der Waals surface area contributed by atoms with Crippen LogP contribution in [0.1, 0.15) is 13.3 Å². The van der Waals surface area contributed by atoms with Crippen molar-refractivity contribution < 1.29 is 13.2 Å². The maximum Gasteiger partial charge on any atom is 0.242 e. The van der Waals surface area contributed by atoms with E-state index in [0.29, 0.717) is 18.8 Å². The van der Waals surface area contributed by atoms with E-state index in [-0.39, 0.29) is 16.7 Å². The molecule has 3 N–H and O–H groups in total. The van der Waals surface area contributed by atoms with E-state index in [4.69, 9.17) is 0 Å². The molecule has 0 aromatic heterocycles. The molecule has 7 heteroatoms. The van der Waals surface area contributed by atoms with Crippen molar-refractivity contribution in [3.05, 3.63) is 24.3 Å². The second kappa shape index (κ2) is 6.34. The van der Waals surface area contributed by atoms with E-state index in [1.807, 2.05) is 0 Å². The first kappa shape index (κ1) is 15.0. The van der Waals surface area contributed by atoms with Crippen LogP contribution in [0.3, 0.4) is 0 Å². The molecule has 2 rings (SSSR count). The van der Waals surface area contributed by atoms with Crippen LogP contribution in [-0.2, 0) is 14.8 Å². The Kier molecular flexibility index (Phi) is 4.74. The van der Waals surface area contributed by atoms with Gasteiger partial charge in [-0.15, -0.1) is 0 Å². The number of sulfonamides is 1. The van der Waals surface area contributed by atoms with Crippen LogP contribution in [-0.4, -0.2) is 34.0 Å². The van der Waals surface area contributed by atoms with Crippen LogP contribution in [0, 0.1) is 5.92 Å². The van der Waals surface area contributed by atoms with Crippen LogP contribution in [0.25, 0.3) is 0 Å². The van der Waals surface area contributed by atoms with Crippen molar-refractivity contribution in [1.82, 2.24) is 10.0 Å². The van der Waals surface area contributed by atoms with Crippen molar-refractivity contribution in [2.75, 3.05) is 25.0 Å². The zero-order chi connectivity index (χ0) is 14.6. The van der Waals surface area contributed by atoms with Crippen molar-refractivity contribution in [3.63, 3.8) is 0 Å². The van der Waals surface area contributed by atoms with Gasteiger partial charge in [-0.1, -0.05) is 19.1 Å². The van der Waals surface area contributed by atoms with Crippen molar-refractivity contribution in [2.24, 2.45) is 5.92 Å². The highest BCUT2D eigenvalue weighted by Gasteiger charge is 2.24. The highest BCUT2D eigenvalue weighted by molar-refractivity contribution is 7.89. The van der Waals surface area contributed by atoms with Gasteiger partial charge < -0.3 is 10.6 Å². The zero-order valence-corrected chi connectivity index (χ0v) is 12.2. The first-order chi connectivity index (χ1) is 9.54. The van der Waals surface area contributed by atoms with Gasteiger partial charge in [-0.05, 0) is 25.1 Å². The Morgan fingerprint density at radius 2 is 2.15 bits per heavy atom. The number of rotatable bonds is 5. The van der Waals surface area contributed by atoms with Gasteiger partial charge >= 0.3 is 0 Å². The third-order valence-electron chi connectivity index (χ3n) is 3.20. The Balaban J connectivity index is 2.22. The minimum atomic E-state index is -3.59. The number of hydrogen-bond donors (Lipinski definition) is 3. The molecule has 1 aromatic carbocycles. The standard InChI is InChI=1S/C13H19N3O3S/c1-2-15-20(18,19)12-6-4-3-5-11(12)16-13(17)10-7-8-14-9-10/h3-6,10,14-15H,2,7-9H2,1H3,(H,16,17). The molecule has 110 valence electrons. The van der Waals surface area contributed by atoms with Crippen molar-refractivity contribution in [3.8, 4) is 0 Å². The first-order valence-corrected chi connectivity index (χ1v) is 8.13. The average molecular weight is 297 g/mol. The number of anilines is 1. The summed E-state index contributed by atoms with van der Waals surface area (Å²) < 4.78 is 26.6. The second-order valence-electron chi connectivity index (χ2n) is 4.68. The monoisotopic (exact) mass is 297 g/mol. The van der Waals surface area contributed by atoms with Gasteiger partial charge in [-0.3, -0.25) is 4.79 Å². The lowest BCUT2D eigenvalue weighted by Crippen LogP contribution is -2.28. The molecule has 0 bridgehead atoms. The van der Waals surface area contributed by atoms with E-state index in [2.05, 4.69) is 15.4 Å². The third-order valence-corrected chi connectivity index (χ3v) is 4.80. The molecule has 1 amide bonds. The quantitative estimate of drug-likeness (QED) is 0.740. The van der Waals surface area contributed by atoms with Crippen LogP contribution < -0.4 is 15.4 Å². The molecule has 1 aliphatic rings. The SMILES string of the molecule is CCNS(=O)(=O)c1ccccc1NC(=O)C1CCNC1. The molecule has 0 spiro atoms. The maximum atomic E-state index is 12.1. The van der Waals surface area contributed by atoms with Gasteiger partial charge in [-0.2, -0.15) is 0 Å². The summed E-state index contributed by atoms with van der Waals surface area (Å²) in [6, 6.07) is 6.43. The lowest BCUT2D eigenvalue weighted by molar-refractivity contribution is -0.119. The minimum absolute atomic E-state index is 0.0983. The fraction of sp³-hybridized carbons (Fsp3) is 0.462. The predicted octanol–water partition coefficient (Wildman–Crippen LogP) is 0.533. The molecule has 0 radical (unpaired) electrons. The molecular formula is C13H19N3O3S. The lowest BCUT2D eigenvalue weighted by Gasteiger charge is -2.14. The van der Waals surface area contributed by atoms with Gasteiger partial charge in [0.05, 0.1) is 11.6 Å². The van der Waals surface area contributed by atoms with Crippen LogP contribution >= 0.6 is 0 Å². The normalized spacial score (nSPS) is 18.9. The molecule has 1 unspecified atom stereocenters. The van der Waals surface area contributed by atoms with Gasteiger partial charge in [0, 0.05) is 13.1 Å². The Morgan fingerprint density at radius 3 is 2.80 bits per heavy atom. The fourth-order valence-corrected chi connectivity index (χ4v) is 3.39. The summed E-state index contributed by atoms with van der Waals surface area (Å²) in [5, 5.41) is 5.83. The number of benzene rings is 1. The molecule has 1 aromatic rings.